The van der Waals surface area contributed by atoms with Crippen molar-refractivity contribution in [3.63, 3.8) is 0 Å². The number of aliphatic carboxylic acids is 1. The zero-order chi connectivity index (χ0) is 17.0. The number of fused-ring (bicyclic) bond motifs is 1. The summed E-state index contributed by atoms with van der Waals surface area (Å²) in [6.45, 7) is 3.96. The van der Waals surface area contributed by atoms with Crippen molar-refractivity contribution in [2.45, 2.75) is 55.9 Å². The van der Waals surface area contributed by atoms with E-state index in [1.165, 1.54) is 11.6 Å². The fourth-order valence-corrected chi connectivity index (χ4v) is 5.76. The van der Waals surface area contributed by atoms with Gasteiger partial charge in [-0.25, -0.2) is 13.2 Å². The number of aryl methyl sites for hydroxylation is 1. The average Bonchev–Trinajstić information content (AvgIpc) is 2.92. The molecule has 1 aromatic rings. The van der Waals surface area contributed by atoms with E-state index < -0.39 is 37.9 Å². The number of carboxylic acid groups (broad SMARTS) is 1. The fourth-order valence-electron chi connectivity index (χ4n) is 3.40. The fraction of sp³-hybridized carbons (Fsp3) is 0.692. The molecule has 0 aromatic carbocycles. The molecular weight excluding hydrogens is 324 g/mol. The molecule has 1 amide bonds. The van der Waals surface area contributed by atoms with Crippen LogP contribution in [-0.4, -0.2) is 56.4 Å². The minimum atomic E-state index is -3.80. The Morgan fingerprint density at radius 1 is 1.57 bits per heavy atom. The number of aromatic nitrogens is 3. The molecule has 2 aliphatic rings. The number of hydrogen-bond acceptors (Lipinski definition) is 5. The van der Waals surface area contributed by atoms with E-state index in [4.69, 9.17) is 0 Å². The van der Waals surface area contributed by atoms with Crippen molar-refractivity contribution >= 4 is 21.7 Å². The van der Waals surface area contributed by atoms with Gasteiger partial charge in [-0.05, 0) is 13.3 Å². The van der Waals surface area contributed by atoms with E-state index in [9.17, 15) is 23.1 Å². The first-order chi connectivity index (χ1) is 10.7. The summed E-state index contributed by atoms with van der Waals surface area (Å²) in [4.78, 5) is 24.3. The van der Waals surface area contributed by atoms with Crippen molar-refractivity contribution in [3.05, 3.63) is 12.4 Å². The molecule has 3 atom stereocenters. The van der Waals surface area contributed by atoms with Gasteiger partial charge in [0.1, 0.15) is 23.2 Å². The number of rotatable bonds is 5. The van der Waals surface area contributed by atoms with Crippen molar-refractivity contribution in [2.75, 3.05) is 0 Å². The van der Waals surface area contributed by atoms with E-state index in [2.05, 4.69) is 5.21 Å². The van der Waals surface area contributed by atoms with Crippen LogP contribution in [0, 0.1) is 0 Å². The number of amides is 1. The Balaban J connectivity index is 1.99. The maximum absolute atomic E-state index is 12.8. The van der Waals surface area contributed by atoms with Crippen LogP contribution in [0.2, 0.25) is 0 Å². The van der Waals surface area contributed by atoms with Gasteiger partial charge in [0.25, 0.3) is 0 Å². The molecule has 126 valence electrons. The Hall–Kier alpha value is -1.97. The summed E-state index contributed by atoms with van der Waals surface area (Å²) >= 11 is 0. The SMILES string of the molecule is CCCn1cc[n+](C[C@@]2(C)[C@H](C(=O)O)N3C(=O)C[C@H]3S2(=O)=O)n1. The molecule has 10 heteroatoms. The summed E-state index contributed by atoms with van der Waals surface area (Å²) in [7, 11) is -3.80. The molecule has 9 nitrogen and oxygen atoms in total. The Labute approximate surface area is 133 Å². The summed E-state index contributed by atoms with van der Waals surface area (Å²) in [5.74, 6) is -1.74. The summed E-state index contributed by atoms with van der Waals surface area (Å²) < 4.78 is 27.0. The van der Waals surface area contributed by atoms with Gasteiger partial charge in [-0.2, -0.15) is 0 Å². The molecule has 0 bridgehead atoms. The number of carbonyl (C=O) groups is 2. The van der Waals surface area contributed by atoms with Crippen LogP contribution in [0.15, 0.2) is 12.4 Å². The van der Waals surface area contributed by atoms with Crippen molar-refractivity contribution in [1.82, 2.24) is 14.8 Å². The molecule has 23 heavy (non-hydrogen) atoms. The zero-order valence-electron chi connectivity index (χ0n) is 12.9. The Morgan fingerprint density at radius 2 is 2.26 bits per heavy atom. The molecule has 3 heterocycles. The number of hydrogen-bond donors (Lipinski definition) is 1. The molecular formula is C13H19N4O5S+. The third-order valence-corrected chi connectivity index (χ3v) is 7.38. The molecule has 0 spiro atoms. The lowest BCUT2D eigenvalue weighted by atomic mass is 9.96. The van der Waals surface area contributed by atoms with E-state index in [0.29, 0.717) is 6.54 Å². The molecule has 0 aliphatic carbocycles. The van der Waals surface area contributed by atoms with Gasteiger partial charge in [0.15, 0.2) is 28.3 Å². The van der Waals surface area contributed by atoms with Crippen LogP contribution in [0.4, 0.5) is 0 Å². The maximum Gasteiger partial charge on any atom is 0.328 e. The highest BCUT2D eigenvalue weighted by Crippen LogP contribution is 2.46. The van der Waals surface area contributed by atoms with Crippen LogP contribution >= 0.6 is 0 Å². The summed E-state index contributed by atoms with van der Waals surface area (Å²) in [5, 5.41) is 12.7. The average molecular weight is 343 g/mol. The van der Waals surface area contributed by atoms with Crippen LogP contribution in [0.5, 0.6) is 0 Å². The predicted octanol–water partition coefficient (Wildman–Crippen LogP) is -1.22. The molecule has 2 saturated heterocycles. The topological polar surface area (TPSA) is 113 Å². The number of carboxylic acids is 1. The quantitative estimate of drug-likeness (QED) is 0.529. The van der Waals surface area contributed by atoms with Crippen molar-refractivity contribution in [1.29, 1.82) is 0 Å². The van der Waals surface area contributed by atoms with Crippen LogP contribution in [0.25, 0.3) is 0 Å². The van der Waals surface area contributed by atoms with E-state index in [0.717, 1.165) is 11.3 Å². The Bertz CT molecular complexity index is 773. The first-order valence-electron chi connectivity index (χ1n) is 7.43. The first kappa shape index (κ1) is 15.9. The molecule has 1 N–H and O–H groups in total. The molecule has 0 unspecified atom stereocenters. The summed E-state index contributed by atoms with van der Waals surface area (Å²) in [6.07, 6.45) is 4.06. The van der Waals surface area contributed by atoms with Crippen LogP contribution < -0.4 is 4.68 Å². The lowest BCUT2D eigenvalue weighted by Crippen LogP contribution is -2.60. The number of carbonyl (C=O) groups excluding carboxylic acids is 1. The highest BCUT2D eigenvalue weighted by atomic mass is 32.2. The van der Waals surface area contributed by atoms with Gasteiger partial charge in [0.2, 0.25) is 5.91 Å². The lowest BCUT2D eigenvalue weighted by Gasteiger charge is -2.35. The molecule has 3 rings (SSSR count). The predicted molar refractivity (Wildman–Crippen MR) is 76.7 cm³/mol. The molecule has 0 saturated carbocycles. The van der Waals surface area contributed by atoms with Crippen molar-refractivity contribution in [3.8, 4) is 0 Å². The molecule has 2 fully saturated rings. The van der Waals surface area contributed by atoms with Gasteiger partial charge >= 0.3 is 5.97 Å². The third kappa shape index (κ3) is 2.07. The van der Waals surface area contributed by atoms with E-state index in [-0.39, 0.29) is 13.0 Å². The van der Waals surface area contributed by atoms with Crippen LogP contribution in [0.1, 0.15) is 26.7 Å². The Morgan fingerprint density at radius 3 is 2.83 bits per heavy atom. The molecule has 2 aliphatic heterocycles. The summed E-state index contributed by atoms with van der Waals surface area (Å²) in [5.41, 5.74) is 0. The monoisotopic (exact) mass is 343 g/mol. The number of nitrogens with zero attached hydrogens (tertiary/aromatic N) is 4. The van der Waals surface area contributed by atoms with Gasteiger partial charge < -0.3 is 10.0 Å². The van der Waals surface area contributed by atoms with Gasteiger partial charge in [0.05, 0.1) is 11.6 Å². The molecule has 1 aromatic heterocycles. The van der Waals surface area contributed by atoms with Crippen LogP contribution in [0.3, 0.4) is 0 Å². The zero-order valence-corrected chi connectivity index (χ0v) is 13.7. The van der Waals surface area contributed by atoms with Gasteiger partial charge in [-0.1, -0.05) is 6.92 Å². The van der Waals surface area contributed by atoms with E-state index in [1.807, 2.05) is 6.92 Å². The third-order valence-electron chi connectivity index (χ3n) is 4.62. The second-order valence-electron chi connectivity index (χ2n) is 6.21. The molecule has 0 radical (unpaired) electrons. The van der Waals surface area contributed by atoms with E-state index >= 15 is 0 Å². The van der Waals surface area contributed by atoms with Crippen molar-refractivity contribution < 1.29 is 27.8 Å². The second-order valence-corrected chi connectivity index (χ2v) is 8.77. The summed E-state index contributed by atoms with van der Waals surface area (Å²) in [6, 6.07) is -1.39. The first-order valence-corrected chi connectivity index (χ1v) is 8.97. The smallest absolute Gasteiger partial charge is 0.328 e. The lowest BCUT2D eigenvalue weighted by molar-refractivity contribution is -0.758. The number of sulfone groups is 1. The minimum absolute atomic E-state index is 0.108. The normalized spacial score (nSPS) is 31.7. The minimum Gasteiger partial charge on any atom is -0.480 e. The number of β-lactam (4-membered cyclic amide) rings is 1. The standard InChI is InChI=1S/C13H18N4O5S/c1-3-4-15-5-6-16(14-15)8-13(2)11(12(19)20)17-9(18)7-10(17)23(13,21)22/h5-6,10-11H,3-4,7-8H2,1-2H3/p+1/t10-,11+,13+/m1/s1. The second kappa shape index (κ2) is 5.02. The maximum atomic E-state index is 12.8. The van der Waals surface area contributed by atoms with Gasteiger partial charge in [0, 0.05) is 0 Å². The largest absolute Gasteiger partial charge is 0.480 e. The van der Waals surface area contributed by atoms with Crippen LogP contribution in [-0.2, 0) is 32.5 Å². The highest BCUT2D eigenvalue weighted by Gasteiger charge is 2.70. The van der Waals surface area contributed by atoms with Gasteiger partial charge in [-0.15, -0.1) is 9.36 Å². The Kier molecular flexibility index (Phi) is 3.47. The highest BCUT2D eigenvalue weighted by molar-refractivity contribution is 7.93. The van der Waals surface area contributed by atoms with E-state index in [1.54, 1.807) is 17.1 Å². The van der Waals surface area contributed by atoms with Crippen molar-refractivity contribution in [2.24, 2.45) is 0 Å². The van der Waals surface area contributed by atoms with Gasteiger partial charge in [-0.3, -0.25) is 4.79 Å².